The molecule has 19 heteroatoms. The Kier molecular flexibility index (Phi) is 20.0. The van der Waals surface area contributed by atoms with Crippen LogP contribution in [0.5, 0.6) is 11.5 Å². The highest BCUT2D eigenvalue weighted by molar-refractivity contribution is 5.90. The van der Waals surface area contributed by atoms with Gasteiger partial charge in [0.1, 0.15) is 17.6 Å². The molecular weight excluding hydrogens is 858 g/mol. The van der Waals surface area contributed by atoms with E-state index in [1.807, 2.05) is 24.3 Å². The van der Waals surface area contributed by atoms with Gasteiger partial charge in [0.15, 0.2) is 0 Å². The summed E-state index contributed by atoms with van der Waals surface area (Å²) in [5, 5.41) is 31.2. The van der Waals surface area contributed by atoms with Crippen LogP contribution >= 0.6 is 0 Å². The molecule has 1 aliphatic heterocycles. The number of ether oxygens (including phenoxy) is 3. The lowest BCUT2D eigenvalue weighted by Crippen LogP contribution is -2.48. The van der Waals surface area contributed by atoms with E-state index >= 15 is 0 Å². The van der Waals surface area contributed by atoms with E-state index < -0.39 is 53.5 Å². The van der Waals surface area contributed by atoms with E-state index in [-0.39, 0.29) is 6.04 Å². The van der Waals surface area contributed by atoms with Crippen molar-refractivity contribution in [1.82, 2.24) is 9.80 Å². The molecule has 4 aromatic carbocycles. The minimum absolute atomic E-state index is 0.311. The summed E-state index contributed by atoms with van der Waals surface area (Å²) in [5.74, 6) is -3.74. The van der Waals surface area contributed by atoms with Crippen LogP contribution in [0.2, 0.25) is 0 Å². The molecule has 0 amide bonds. The van der Waals surface area contributed by atoms with Crippen molar-refractivity contribution in [3.05, 3.63) is 155 Å². The van der Waals surface area contributed by atoms with Gasteiger partial charge in [-0.1, -0.05) is 48.5 Å². The van der Waals surface area contributed by atoms with E-state index in [4.69, 9.17) is 34.6 Å². The molecule has 4 N–H and O–H groups in total. The number of benzene rings is 4. The number of carboxylic acids is 4. The first-order valence-electron chi connectivity index (χ1n) is 19.2. The van der Waals surface area contributed by atoms with Gasteiger partial charge in [-0.15, -0.1) is 0 Å². The smallest absolute Gasteiger partial charge is 0.416 e. The number of rotatable bonds is 16. The van der Waals surface area contributed by atoms with Crippen LogP contribution in [0, 0.1) is 0 Å². The highest BCUT2D eigenvalue weighted by atomic mass is 19.4. The van der Waals surface area contributed by atoms with Crippen molar-refractivity contribution < 1.29 is 80.2 Å². The maximum atomic E-state index is 13.6. The molecule has 1 saturated heterocycles. The molecule has 1 fully saturated rings. The summed E-state index contributed by atoms with van der Waals surface area (Å²) >= 11 is 0. The molecule has 0 spiro atoms. The summed E-state index contributed by atoms with van der Waals surface area (Å²) in [5.41, 5.74) is 1.13. The van der Waals surface area contributed by atoms with Crippen LogP contribution in [0.15, 0.2) is 121 Å². The van der Waals surface area contributed by atoms with Crippen molar-refractivity contribution in [2.45, 2.75) is 30.9 Å². The molecule has 2 unspecified atom stereocenters. The quantitative estimate of drug-likeness (QED) is 0.0482. The molecule has 1 aliphatic rings. The molecule has 1 heterocycles. The molecule has 64 heavy (non-hydrogen) atoms. The van der Waals surface area contributed by atoms with Crippen molar-refractivity contribution in [3.8, 4) is 11.5 Å². The predicted octanol–water partition coefficient (Wildman–Crippen LogP) is 8.07. The first-order chi connectivity index (χ1) is 30.2. The van der Waals surface area contributed by atoms with Crippen molar-refractivity contribution in [2.24, 2.45) is 0 Å². The summed E-state index contributed by atoms with van der Waals surface area (Å²) in [6.07, 6.45) is -6.76. The van der Waals surface area contributed by atoms with Crippen LogP contribution < -0.4 is 9.47 Å². The van der Waals surface area contributed by atoms with Gasteiger partial charge in [-0.3, -0.25) is 4.90 Å². The maximum Gasteiger partial charge on any atom is 0.416 e. The monoisotopic (exact) mass is 904 g/mol. The number of hydrogen-bond donors (Lipinski definition) is 4. The normalized spacial score (nSPS) is 14.4. The Morgan fingerprint density at radius 2 is 0.984 bits per heavy atom. The van der Waals surface area contributed by atoms with Crippen LogP contribution in [-0.2, 0) is 36.3 Å². The van der Waals surface area contributed by atoms with E-state index in [0.29, 0.717) is 98.2 Å². The lowest BCUT2D eigenvalue weighted by atomic mass is 9.94. The summed E-state index contributed by atoms with van der Waals surface area (Å²) in [4.78, 5) is 42.7. The molecule has 5 rings (SSSR count). The predicted molar refractivity (Wildman–Crippen MR) is 220 cm³/mol. The number of carboxylic acid groups (broad SMARTS) is 4. The van der Waals surface area contributed by atoms with Crippen LogP contribution in [0.1, 0.15) is 51.9 Å². The van der Waals surface area contributed by atoms with Crippen molar-refractivity contribution in [3.63, 3.8) is 0 Å². The summed E-state index contributed by atoms with van der Waals surface area (Å²) in [7, 11) is 3.11. The number of nitrogens with zero attached hydrogens (tertiary/aromatic N) is 2. The second kappa shape index (κ2) is 24.8. The summed E-state index contributed by atoms with van der Waals surface area (Å²) < 4.78 is 98.1. The Hall–Kier alpha value is -6.70. The van der Waals surface area contributed by atoms with Gasteiger partial charge < -0.3 is 39.5 Å². The highest BCUT2D eigenvalue weighted by Crippen LogP contribution is 2.36. The van der Waals surface area contributed by atoms with Crippen LogP contribution in [0.4, 0.5) is 26.3 Å². The molecular formula is C45H46F6N2O11. The van der Waals surface area contributed by atoms with Crippen molar-refractivity contribution >= 4 is 23.9 Å². The number of alkyl halides is 6. The van der Waals surface area contributed by atoms with E-state index in [1.165, 1.54) is 18.2 Å². The summed E-state index contributed by atoms with van der Waals surface area (Å²) in [6, 6.07) is 24.8. The third-order valence-electron chi connectivity index (χ3n) is 9.31. The average Bonchev–Trinajstić information content (AvgIpc) is 3.26. The first kappa shape index (κ1) is 51.6. The Balaban J connectivity index is 0.000000577. The second-order valence-corrected chi connectivity index (χ2v) is 13.7. The Morgan fingerprint density at radius 3 is 1.39 bits per heavy atom. The fourth-order valence-electron chi connectivity index (χ4n) is 6.35. The van der Waals surface area contributed by atoms with Gasteiger partial charge in [-0.25, -0.2) is 19.2 Å². The molecule has 2 atom stereocenters. The number of piperazine rings is 1. The van der Waals surface area contributed by atoms with Gasteiger partial charge in [0.05, 0.1) is 31.4 Å². The topological polar surface area (TPSA) is 183 Å². The van der Waals surface area contributed by atoms with Gasteiger partial charge in [0.25, 0.3) is 0 Å². The molecule has 0 saturated carbocycles. The van der Waals surface area contributed by atoms with Gasteiger partial charge in [0.2, 0.25) is 0 Å². The molecule has 13 nitrogen and oxygen atoms in total. The molecule has 4 aromatic rings. The first-order valence-corrected chi connectivity index (χ1v) is 19.2. The average molecular weight is 905 g/mol. The van der Waals surface area contributed by atoms with Gasteiger partial charge >= 0.3 is 36.2 Å². The molecule has 0 aliphatic carbocycles. The highest BCUT2D eigenvalue weighted by Gasteiger charge is 2.33. The minimum atomic E-state index is -4.48. The molecule has 0 aromatic heterocycles. The van der Waals surface area contributed by atoms with Crippen molar-refractivity contribution in [2.75, 3.05) is 53.6 Å². The van der Waals surface area contributed by atoms with Crippen LogP contribution in [0.25, 0.3) is 0 Å². The van der Waals surface area contributed by atoms with E-state index in [2.05, 4.69) is 9.80 Å². The zero-order chi connectivity index (χ0) is 47.5. The zero-order valence-electron chi connectivity index (χ0n) is 34.5. The number of aliphatic carboxylic acids is 4. The summed E-state index contributed by atoms with van der Waals surface area (Å²) in [6.45, 7) is 3.66. The third-order valence-corrected chi connectivity index (χ3v) is 9.31. The number of methoxy groups -OCH3 is 2. The second-order valence-electron chi connectivity index (χ2n) is 13.7. The lowest BCUT2D eigenvalue weighted by Gasteiger charge is -2.40. The van der Waals surface area contributed by atoms with Crippen LogP contribution in [0.3, 0.4) is 0 Å². The van der Waals surface area contributed by atoms with E-state index in [9.17, 15) is 45.5 Å². The Labute approximate surface area is 364 Å². The lowest BCUT2D eigenvalue weighted by molar-refractivity contribution is -0.138. The zero-order valence-corrected chi connectivity index (χ0v) is 34.5. The Bertz CT molecular complexity index is 2120. The van der Waals surface area contributed by atoms with Crippen LogP contribution in [-0.4, -0.2) is 108 Å². The fourth-order valence-corrected chi connectivity index (χ4v) is 6.35. The SMILES string of the molecule is COc1ccc(C(OCCCN2CCN(C(c3ccc(OC)cc3)c3cccc(C(F)(F)F)c3)CC2)c2cccc(C(F)(F)F)c2)cc1.O=C(O)/C=C\C(=O)O.O=C(O)/C=C\C(=O)O. The number of hydrogen-bond acceptors (Lipinski definition) is 9. The van der Waals surface area contributed by atoms with Gasteiger partial charge in [-0.05, 0) is 77.2 Å². The van der Waals surface area contributed by atoms with Gasteiger partial charge in [-0.2, -0.15) is 26.3 Å². The maximum absolute atomic E-state index is 13.6. The number of carbonyl (C=O) groups is 4. The minimum Gasteiger partial charge on any atom is -0.497 e. The third kappa shape index (κ3) is 17.6. The largest absolute Gasteiger partial charge is 0.497 e. The van der Waals surface area contributed by atoms with E-state index in [1.54, 1.807) is 50.6 Å². The van der Waals surface area contributed by atoms with E-state index in [0.717, 1.165) is 23.8 Å². The van der Waals surface area contributed by atoms with Crippen molar-refractivity contribution in [1.29, 1.82) is 0 Å². The Morgan fingerprint density at radius 1 is 0.578 bits per heavy atom. The molecule has 0 bridgehead atoms. The van der Waals surface area contributed by atoms with Gasteiger partial charge in [0, 0.05) is 63.6 Å². The standard InChI is InChI=1S/C37H38F6N2O3.2C4H4O4/c1-46-32-14-10-26(11-15-32)34(28-6-3-8-30(24-28)36(38,39)40)45-21-19-44(20-22-45)18-5-23-48-35(27-12-16-33(47-2)17-13-27)29-7-4-9-31(25-29)37(41,42)43;2*5-3(6)1-2-4(7)8/h3-4,6-17,24-25,34-35H,5,18-23H2,1-2H3;2*1-2H,(H,5,6)(H,7,8)/b;2*2-1-. The number of halogens is 6. The fraction of sp³-hybridized carbons (Fsp3) is 0.289. The molecule has 344 valence electrons. The molecule has 0 radical (unpaired) electrons.